The molecular formula is C16H19N3S. The first-order chi connectivity index (χ1) is 9.36. The summed E-state index contributed by atoms with van der Waals surface area (Å²) in [6, 6.07) is 8.31. The molecule has 2 aromatic rings. The highest BCUT2D eigenvalue weighted by atomic mass is 32.1. The smallest absolute Gasteiger partial charge is 0.107 e. The highest BCUT2D eigenvalue weighted by Crippen LogP contribution is 2.25. The van der Waals surface area contributed by atoms with E-state index in [1.165, 1.54) is 11.1 Å². The zero-order valence-corrected chi connectivity index (χ0v) is 13.1. The molecule has 0 atom stereocenters. The average Bonchev–Trinajstić information content (AvgIpc) is 2.25. The predicted octanol–water partition coefficient (Wildman–Crippen LogP) is 3.69. The highest BCUT2D eigenvalue weighted by molar-refractivity contribution is 7.80. The lowest BCUT2D eigenvalue weighted by atomic mass is 10.1. The number of anilines is 2. The monoisotopic (exact) mass is 285 g/mol. The minimum absolute atomic E-state index is 0.363. The van der Waals surface area contributed by atoms with Gasteiger partial charge in [-0.1, -0.05) is 18.3 Å². The van der Waals surface area contributed by atoms with Gasteiger partial charge in [-0.05, 0) is 57.0 Å². The van der Waals surface area contributed by atoms with E-state index >= 15 is 0 Å². The van der Waals surface area contributed by atoms with E-state index in [4.69, 9.17) is 18.0 Å². The van der Waals surface area contributed by atoms with Gasteiger partial charge >= 0.3 is 0 Å². The van der Waals surface area contributed by atoms with Crippen LogP contribution in [-0.4, -0.2) is 9.97 Å². The zero-order chi connectivity index (χ0) is 14.9. The molecule has 1 aromatic heterocycles. The van der Waals surface area contributed by atoms with Crippen molar-refractivity contribution in [1.29, 1.82) is 0 Å². The van der Waals surface area contributed by atoms with E-state index in [9.17, 15) is 0 Å². The molecule has 0 aliphatic rings. The van der Waals surface area contributed by atoms with Crippen LogP contribution in [0.1, 0.15) is 28.1 Å². The molecule has 1 heterocycles. The second-order valence-corrected chi connectivity index (χ2v) is 5.58. The number of benzene rings is 1. The fraction of sp³-hybridized carbons (Fsp3) is 0.250. The van der Waals surface area contributed by atoms with Gasteiger partial charge in [-0.25, -0.2) is 0 Å². The van der Waals surface area contributed by atoms with E-state index in [1.807, 2.05) is 19.9 Å². The van der Waals surface area contributed by atoms with Crippen molar-refractivity contribution in [3.63, 3.8) is 0 Å². The average molecular weight is 285 g/mol. The normalized spacial score (nSPS) is 10.4. The minimum atomic E-state index is 0.363. The largest absolute Gasteiger partial charge is 0.389 e. The molecule has 0 bridgehead atoms. The molecule has 0 aliphatic carbocycles. The maximum Gasteiger partial charge on any atom is 0.107 e. The summed E-state index contributed by atoms with van der Waals surface area (Å²) in [5, 5.41) is 3.41. The molecule has 0 amide bonds. The van der Waals surface area contributed by atoms with Gasteiger partial charge in [0.25, 0.3) is 0 Å². The molecule has 0 spiro atoms. The first kappa shape index (κ1) is 14.5. The molecule has 0 fully saturated rings. The Morgan fingerprint density at radius 1 is 1.05 bits per heavy atom. The molecule has 20 heavy (non-hydrogen) atoms. The third-order valence-corrected chi connectivity index (χ3v) is 3.28. The Labute approximate surface area is 125 Å². The summed E-state index contributed by atoms with van der Waals surface area (Å²) < 4.78 is 0. The van der Waals surface area contributed by atoms with Gasteiger partial charge < -0.3 is 11.1 Å². The van der Waals surface area contributed by atoms with E-state index in [0.717, 1.165) is 28.3 Å². The van der Waals surface area contributed by atoms with Gasteiger partial charge in [-0.3, -0.25) is 4.98 Å². The summed E-state index contributed by atoms with van der Waals surface area (Å²) in [5.74, 6) is 0. The lowest BCUT2D eigenvalue weighted by Crippen LogP contribution is -2.15. The fourth-order valence-corrected chi connectivity index (χ4v) is 2.70. The molecule has 0 aliphatic heterocycles. The number of nitrogens with zero attached hydrogens (tertiary/aromatic N) is 1. The van der Waals surface area contributed by atoms with Gasteiger partial charge in [0.15, 0.2) is 0 Å². The number of pyridine rings is 1. The molecule has 4 heteroatoms. The van der Waals surface area contributed by atoms with Crippen LogP contribution in [0.2, 0.25) is 0 Å². The Morgan fingerprint density at radius 3 is 2.20 bits per heavy atom. The van der Waals surface area contributed by atoms with Gasteiger partial charge in [0.1, 0.15) is 4.99 Å². The lowest BCUT2D eigenvalue weighted by molar-refractivity contribution is 1.11. The molecule has 0 radical (unpaired) electrons. The summed E-state index contributed by atoms with van der Waals surface area (Å²) in [4.78, 5) is 4.79. The van der Waals surface area contributed by atoms with E-state index in [0.29, 0.717) is 4.99 Å². The van der Waals surface area contributed by atoms with Crippen LogP contribution in [0.25, 0.3) is 0 Å². The van der Waals surface area contributed by atoms with Crippen LogP contribution in [0.4, 0.5) is 11.4 Å². The van der Waals surface area contributed by atoms with Crippen molar-refractivity contribution in [1.82, 2.24) is 4.98 Å². The first-order valence-corrected chi connectivity index (χ1v) is 6.91. The van der Waals surface area contributed by atoms with Crippen LogP contribution in [0, 0.1) is 27.7 Å². The van der Waals surface area contributed by atoms with Crippen molar-refractivity contribution in [2.45, 2.75) is 27.7 Å². The Bertz CT molecular complexity index is 657. The van der Waals surface area contributed by atoms with Gasteiger partial charge in [0.2, 0.25) is 0 Å². The van der Waals surface area contributed by atoms with E-state index in [-0.39, 0.29) is 0 Å². The number of nitrogens with one attached hydrogen (secondary N) is 1. The molecule has 3 nitrogen and oxygen atoms in total. The standard InChI is InChI=1S/C16H19N3S/c1-9-5-10(2)7-13(6-9)19-14-8-11(3)18-12(4)15(14)16(17)20/h5-8H,1-4H3,(H2,17,20)(H,18,19). The highest BCUT2D eigenvalue weighted by Gasteiger charge is 2.11. The van der Waals surface area contributed by atoms with Crippen LogP contribution in [-0.2, 0) is 0 Å². The predicted molar refractivity (Wildman–Crippen MR) is 88.8 cm³/mol. The number of hydrogen-bond acceptors (Lipinski definition) is 3. The summed E-state index contributed by atoms with van der Waals surface area (Å²) in [7, 11) is 0. The fourth-order valence-electron chi connectivity index (χ4n) is 2.44. The third kappa shape index (κ3) is 3.14. The van der Waals surface area contributed by atoms with Gasteiger partial charge in [-0.2, -0.15) is 0 Å². The van der Waals surface area contributed by atoms with Crippen LogP contribution >= 0.6 is 12.2 Å². The SMILES string of the molecule is Cc1cc(C)cc(Nc2cc(C)nc(C)c2C(N)=S)c1. The topological polar surface area (TPSA) is 50.9 Å². The number of rotatable bonds is 3. The maximum atomic E-state index is 5.83. The summed E-state index contributed by atoms with van der Waals surface area (Å²) in [6.07, 6.45) is 0. The molecule has 0 saturated heterocycles. The Hall–Kier alpha value is -1.94. The Kier molecular flexibility index (Phi) is 4.04. The van der Waals surface area contributed by atoms with Crippen molar-refractivity contribution in [3.05, 3.63) is 52.3 Å². The second kappa shape index (κ2) is 5.59. The second-order valence-electron chi connectivity index (χ2n) is 5.14. The third-order valence-electron chi connectivity index (χ3n) is 3.08. The lowest BCUT2D eigenvalue weighted by Gasteiger charge is -2.15. The van der Waals surface area contributed by atoms with Gasteiger partial charge in [0, 0.05) is 17.1 Å². The number of aryl methyl sites for hydroxylation is 4. The summed E-state index contributed by atoms with van der Waals surface area (Å²) >= 11 is 5.15. The molecule has 3 N–H and O–H groups in total. The Balaban J connectivity index is 2.49. The minimum Gasteiger partial charge on any atom is -0.389 e. The van der Waals surface area contributed by atoms with Crippen LogP contribution in [0.5, 0.6) is 0 Å². The number of nitrogens with two attached hydrogens (primary N) is 1. The number of hydrogen-bond donors (Lipinski definition) is 2. The van der Waals surface area contributed by atoms with Crippen molar-refractivity contribution in [3.8, 4) is 0 Å². The summed E-state index contributed by atoms with van der Waals surface area (Å²) in [5.41, 5.74) is 12.8. The van der Waals surface area contributed by atoms with E-state index in [1.54, 1.807) is 0 Å². The van der Waals surface area contributed by atoms with Crippen molar-refractivity contribution in [2.24, 2.45) is 5.73 Å². The molecule has 0 unspecified atom stereocenters. The van der Waals surface area contributed by atoms with Crippen LogP contribution in [0.3, 0.4) is 0 Å². The molecule has 104 valence electrons. The van der Waals surface area contributed by atoms with Crippen molar-refractivity contribution < 1.29 is 0 Å². The maximum absolute atomic E-state index is 5.83. The zero-order valence-electron chi connectivity index (χ0n) is 12.2. The Morgan fingerprint density at radius 2 is 1.65 bits per heavy atom. The first-order valence-electron chi connectivity index (χ1n) is 6.50. The molecule has 2 rings (SSSR count). The molecule has 1 aromatic carbocycles. The number of aromatic nitrogens is 1. The number of thiocarbonyl (C=S) groups is 1. The van der Waals surface area contributed by atoms with E-state index < -0.39 is 0 Å². The summed E-state index contributed by atoms with van der Waals surface area (Å²) in [6.45, 7) is 8.04. The van der Waals surface area contributed by atoms with Gasteiger partial charge in [-0.15, -0.1) is 0 Å². The van der Waals surface area contributed by atoms with E-state index in [2.05, 4.69) is 42.3 Å². The van der Waals surface area contributed by atoms with Crippen LogP contribution in [0.15, 0.2) is 24.3 Å². The van der Waals surface area contributed by atoms with Crippen LogP contribution < -0.4 is 11.1 Å². The van der Waals surface area contributed by atoms with Gasteiger partial charge in [0.05, 0.1) is 11.3 Å². The quantitative estimate of drug-likeness (QED) is 0.844. The molecule has 0 saturated carbocycles. The van der Waals surface area contributed by atoms with Crippen molar-refractivity contribution in [2.75, 3.05) is 5.32 Å². The molecular weight excluding hydrogens is 266 g/mol. The van der Waals surface area contributed by atoms with Crippen molar-refractivity contribution >= 4 is 28.6 Å².